The normalized spacial score (nSPS) is 17.9. The zero-order valence-corrected chi connectivity index (χ0v) is 12.0. The van der Waals surface area contributed by atoms with Gasteiger partial charge in [0.1, 0.15) is 0 Å². The van der Waals surface area contributed by atoms with Gasteiger partial charge in [-0.25, -0.2) is 0 Å². The number of nitrogens with two attached hydrogens (primary N) is 1. The lowest BCUT2D eigenvalue weighted by Gasteiger charge is -2.31. The highest BCUT2D eigenvalue weighted by molar-refractivity contribution is 5.76. The van der Waals surface area contributed by atoms with Crippen molar-refractivity contribution >= 4 is 5.91 Å². The molecule has 0 radical (unpaired) electrons. The van der Waals surface area contributed by atoms with Crippen LogP contribution in [0.3, 0.4) is 0 Å². The predicted octanol–water partition coefficient (Wildman–Crippen LogP) is 1.31. The smallest absolute Gasteiger partial charge is 0.222 e. The van der Waals surface area contributed by atoms with Gasteiger partial charge in [-0.15, -0.1) is 0 Å². The summed E-state index contributed by atoms with van der Waals surface area (Å²) in [6.07, 6.45) is 4.13. The first-order valence-corrected chi connectivity index (χ1v) is 7.41. The third-order valence-corrected chi connectivity index (χ3v) is 4.02. The molecule has 1 rings (SSSR count). The van der Waals surface area contributed by atoms with E-state index in [1.165, 1.54) is 12.8 Å². The minimum atomic E-state index is 0.303. The molecule has 18 heavy (non-hydrogen) atoms. The molecule has 1 heterocycles. The van der Waals surface area contributed by atoms with Crippen molar-refractivity contribution in [1.29, 1.82) is 0 Å². The number of likely N-dealkylation sites (tertiary alicyclic amines) is 1. The van der Waals surface area contributed by atoms with Crippen molar-refractivity contribution in [2.45, 2.75) is 39.5 Å². The quantitative estimate of drug-likeness (QED) is 0.746. The lowest BCUT2D eigenvalue weighted by atomic mass is 9.97. The maximum absolute atomic E-state index is 11.8. The van der Waals surface area contributed by atoms with Crippen LogP contribution in [-0.2, 0) is 4.79 Å². The molecule has 1 saturated heterocycles. The molecule has 4 heteroatoms. The second kappa shape index (κ2) is 8.48. The summed E-state index contributed by atoms with van der Waals surface area (Å²) in [6.45, 7) is 9.94. The van der Waals surface area contributed by atoms with Crippen molar-refractivity contribution in [1.82, 2.24) is 9.80 Å². The van der Waals surface area contributed by atoms with Crippen LogP contribution in [0.5, 0.6) is 0 Å². The summed E-state index contributed by atoms with van der Waals surface area (Å²) in [7, 11) is 0. The third-order valence-electron chi connectivity index (χ3n) is 4.02. The molecular formula is C14H29N3O. The number of hydrogen-bond acceptors (Lipinski definition) is 3. The van der Waals surface area contributed by atoms with Crippen LogP contribution in [0.1, 0.15) is 39.5 Å². The topological polar surface area (TPSA) is 49.6 Å². The van der Waals surface area contributed by atoms with Gasteiger partial charge in [-0.1, -0.05) is 0 Å². The van der Waals surface area contributed by atoms with Crippen LogP contribution in [0.25, 0.3) is 0 Å². The van der Waals surface area contributed by atoms with E-state index in [-0.39, 0.29) is 0 Å². The van der Waals surface area contributed by atoms with E-state index in [4.69, 9.17) is 5.73 Å². The van der Waals surface area contributed by atoms with Crippen molar-refractivity contribution in [3.05, 3.63) is 0 Å². The monoisotopic (exact) mass is 255 g/mol. The average molecular weight is 255 g/mol. The summed E-state index contributed by atoms with van der Waals surface area (Å²) in [4.78, 5) is 16.2. The Kier molecular flexibility index (Phi) is 7.28. The summed E-state index contributed by atoms with van der Waals surface area (Å²) >= 11 is 0. The fraction of sp³-hybridized carbons (Fsp3) is 0.929. The Labute approximate surface area is 111 Å². The summed E-state index contributed by atoms with van der Waals surface area (Å²) in [5.74, 6) is 1.02. The van der Waals surface area contributed by atoms with E-state index in [9.17, 15) is 4.79 Å². The molecule has 2 N–H and O–H groups in total. The number of piperidine rings is 1. The lowest BCUT2D eigenvalue weighted by Crippen LogP contribution is -2.37. The fourth-order valence-electron chi connectivity index (χ4n) is 2.63. The molecule has 1 aliphatic rings. The molecule has 0 atom stereocenters. The number of amides is 1. The van der Waals surface area contributed by atoms with Crippen molar-refractivity contribution in [2.75, 3.05) is 39.3 Å². The van der Waals surface area contributed by atoms with Crippen molar-refractivity contribution < 1.29 is 4.79 Å². The summed E-state index contributed by atoms with van der Waals surface area (Å²) in [6, 6.07) is 0. The summed E-state index contributed by atoms with van der Waals surface area (Å²) in [5.41, 5.74) is 5.68. The van der Waals surface area contributed by atoms with Crippen molar-refractivity contribution in [2.24, 2.45) is 11.7 Å². The van der Waals surface area contributed by atoms with Gasteiger partial charge in [-0.05, 0) is 65.2 Å². The molecule has 0 saturated carbocycles. The molecule has 1 fully saturated rings. The lowest BCUT2D eigenvalue weighted by molar-refractivity contribution is -0.131. The van der Waals surface area contributed by atoms with Gasteiger partial charge in [0.15, 0.2) is 0 Å². The van der Waals surface area contributed by atoms with Crippen LogP contribution in [0.4, 0.5) is 0 Å². The number of carbonyl (C=O) groups excluding carboxylic acids is 1. The van der Waals surface area contributed by atoms with Gasteiger partial charge < -0.3 is 15.5 Å². The molecule has 0 bridgehead atoms. The maximum atomic E-state index is 11.8. The molecule has 106 valence electrons. The van der Waals surface area contributed by atoms with Crippen LogP contribution in [0, 0.1) is 5.92 Å². The molecule has 0 aromatic heterocycles. The summed E-state index contributed by atoms with van der Waals surface area (Å²) in [5, 5.41) is 0. The summed E-state index contributed by atoms with van der Waals surface area (Å²) < 4.78 is 0. The van der Waals surface area contributed by atoms with E-state index in [1.54, 1.807) is 0 Å². The van der Waals surface area contributed by atoms with E-state index < -0.39 is 0 Å². The van der Waals surface area contributed by atoms with Gasteiger partial charge in [-0.2, -0.15) is 0 Å². The van der Waals surface area contributed by atoms with Crippen LogP contribution in [-0.4, -0.2) is 55.0 Å². The Bertz CT molecular complexity index is 233. The second-order valence-corrected chi connectivity index (χ2v) is 5.19. The van der Waals surface area contributed by atoms with E-state index in [0.717, 1.165) is 51.6 Å². The number of rotatable bonds is 7. The Balaban J connectivity index is 2.13. The highest BCUT2D eigenvalue weighted by Gasteiger charge is 2.18. The van der Waals surface area contributed by atoms with Gasteiger partial charge in [-0.3, -0.25) is 4.79 Å². The van der Waals surface area contributed by atoms with E-state index >= 15 is 0 Å². The molecule has 1 amide bonds. The van der Waals surface area contributed by atoms with Crippen LogP contribution >= 0.6 is 0 Å². The van der Waals surface area contributed by atoms with E-state index in [1.807, 2.05) is 18.7 Å². The standard InChI is InChI=1S/C14H29N3O/c1-3-17(4-2)14(18)6-5-9-16-10-7-13(12-15)8-11-16/h13H,3-12,15H2,1-2H3. The Morgan fingerprint density at radius 1 is 1.28 bits per heavy atom. The molecule has 0 aromatic carbocycles. The molecule has 4 nitrogen and oxygen atoms in total. The Morgan fingerprint density at radius 2 is 1.89 bits per heavy atom. The molecule has 1 aliphatic heterocycles. The van der Waals surface area contributed by atoms with Crippen LogP contribution < -0.4 is 5.73 Å². The van der Waals surface area contributed by atoms with Crippen molar-refractivity contribution in [3.63, 3.8) is 0 Å². The molecule has 0 spiro atoms. The SMILES string of the molecule is CCN(CC)C(=O)CCCN1CCC(CN)CC1. The molecule has 0 aromatic rings. The van der Waals surface area contributed by atoms with Crippen molar-refractivity contribution in [3.8, 4) is 0 Å². The van der Waals surface area contributed by atoms with Gasteiger partial charge in [0, 0.05) is 19.5 Å². The largest absolute Gasteiger partial charge is 0.343 e. The zero-order chi connectivity index (χ0) is 13.4. The second-order valence-electron chi connectivity index (χ2n) is 5.19. The number of nitrogens with zero attached hydrogens (tertiary/aromatic N) is 2. The first-order chi connectivity index (χ1) is 8.71. The van der Waals surface area contributed by atoms with Gasteiger partial charge >= 0.3 is 0 Å². The fourth-order valence-corrected chi connectivity index (χ4v) is 2.63. The Hall–Kier alpha value is -0.610. The van der Waals surface area contributed by atoms with Gasteiger partial charge in [0.05, 0.1) is 0 Å². The average Bonchev–Trinajstić information content (AvgIpc) is 2.41. The number of carbonyl (C=O) groups is 1. The molecule has 0 unspecified atom stereocenters. The van der Waals surface area contributed by atoms with Crippen LogP contribution in [0.15, 0.2) is 0 Å². The predicted molar refractivity (Wildman–Crippen MR) is 75.4 cm³/mol. The molecular weight excluding hydrogens is 226 g/mol. The minimum Gasteiger partial charge on any atom is -0.343 e. The highest BCUT2D eigenvalue weighted by atomic mass is 16.2. The van der Waals surface area contributed by atoms with E-state index in [2.05, 4.69) is 4.90 Å². The first-order valence-electron chi connectivity index (χ1n) is 7.41. The molecule has 0 aliphatic carbocycles. The van der Waals surface area contributed by atoms with E-state index in [0.29, 0.717) is 12.3 Å². The first kappa shape index (κ1) is 15.4. The Morgan fingerprint density at radius 3 is 2.39 bits per heavy atom. The maximum Gasteiger partial charge on any atom is 0.222 e. The minimum absolute atomic E-state index is 0.303. The van der Waals surface area contributed by atoms with Gasteiger partial charge in [0.25, 0.3) is 0 Å². The highest BCUT2D eigenvalue weighted by Crippen LogP contribution is 2.16. The van der Waals surface area contributed by atoms with Gasteiger partial charge in [0.2, 0.25) is 5.91 Å². The third kappa shape index (κ3) is 4.94. The zero-order valence-electron chi connectivity index (χ0n) is 12.0. The van der Waals surface area contributed by atoms with Crippen LogP contribution in [0.2, 0.25) is 0 Å². The number of hydrogen-bond donors (Lipinski definition) is 1.